The largest absolute Gasteiger partial charge is 0.494 e. The molecule has 3 aromatic carbocycles. The second-order valence-electron chi connectivity index (χ2n) is 18.3. The molecule has 3 atom stereocenters. The van der Waals surface area contributed by atoms with Gasteiger partial charge in [0.2, 0.25) is 11.7 Å². The molecule has 0 bridgehead atoms. The number of halogens is 1. The van der Waals surface area contributed by atoms with E-state index in [4.69, 9.17) is 21.1 Å². The van der Waals surface area contributed by atoms with Crippen LogP contribution in [0.1, 0.15) is 116 Å². The van der Waals surface area contributed by atoms with Gasteiger partial charge in [0.15, 0.2) is 0 Å². The zero-order valence-electron chi connectivity index (χ0n) is 37.5. The Labute approximate surface area is 386 Å². The minimum atomic E-state index is -1.12. The van der Waals surface area contributed by atoms with Crippen LogP contribution in [0, 0.1) is 11.8 Å². The van der Waals surface area contributed by atoms with Crippen LogP contribution in [0.2, 0.25) is 5.02 Å². The third-order valence-corrected chi connectivity index (χ3v) is 14.1. The summed E-state index contributed by atoms with van der Waals surface area (Å²) in [7, 11) is 1.53. The summed E-state index contributed by atoms with van der Waals surface area (Å²) in [5.74, 6) is 1.53. The van der Waals surface area contributed by atoms with Gasteiger partial charge in [0, 0.05) is 66.1 Å². The van der Waals surface area contributed by atoms with Gasteiger partial charge in [0.1, 0.15) is 17.0 Å². The zero-order valence-corrected chi connectivity index (χ0v) is 38.3. The molecule has 0 radical (unpaired) electrons. The Hall–Kier alpha value is -6.01. The van der Waals surface area contributed by atoms with Gasteiger partial charge in [-0.25, -0.2) is 14.8 Å². The number of aromatic nitrogens is 3. The summed E-state index contributed by atoms with van der Waals surface area (Å²) >= 11 is 6.32. The van der Waals surface area contributed by atoms with Crippen molar-refractivity contribution in [2.24, 2.45) is 11.8 Å². The van der Waals surface area contributed by atoms with Crippen molar-refractivity contribution in [2.75, 3.05) is 25.6 Å². The van der Waals surface area contributed by atoms with Gasteiger partial charge in [0.05, 0.1) is 13.2 Å². The molecule has 1 fully saturated rings. The molecule has 5 aromatic rings. The molecule has 4 N–H and O–H groups in total. The van der Waals surface area contributed by atoms with Crippen molar-refractivity contribution in [1.82, 2.24) is 25.6 Å². The van der Waals surface area contributed by atoms with E-state index in [1.54, 1.807) is 24.5 Å². The third-order valence-electron chi connectivity index (χ3n) is 13.9. The van der Waals surface area contributed by atoms with Gasteiger partial charge in [-0.3, -0.25) is 14.6 Å². The van der Waals surface area contributed by atoms with Crippen LogP contribution in [-0.2, 0) is 34.4 Å². The number of amides is 2. The summed E-state index contributed by atoms with van der Waals surface area (Å²) in [5.41, 5.74) is 6.89. The smallest absolute Gasteiger partial charge is 0.329 e. The number of aryl methyl sites for hydroxylation is 1. The predicted molar refractivity (Wildman–Crippen MR) is 252 cm³/mol. The van der Waals surface area contributed by atoms with Gasteiger partial charge in [-0.15, -0.1) is 0 Å². The van der Waals surface area contributed by atoms with E-state index >= 15 is 0 Å². The molecule has 340 valence electrons. The number of rotatable bonds is 17. The molecule has 8 rings (SSSR count). The van der Waals surface area contributed by atoms with Crippen LogP contribution < -0.4 is 25.4 Å². The number of fused-ring (bicyclic) bond motifs is 3. The van der Waals surface area contributed by atoms with Crippen LogP contribution in [-0.4, -0.2) is 63.6 Å². The lowest BCUT2D eigenvalue weighted by Crippen LogP contribution is -2.53. The van der Waals surface area contributed by atoms with Crippen molar-refractivity contribution in [3.05, 3.63) is 130 Å². The molecule has 1 spiro atoms. The predicted octanol–water partition coefficient (Wildman–Crippen LogP) is 9.49. The van der Waals surface area contributed by atoms with Crippen LogP contribution in [0.5, 0.6) is 11.5 Å². The molecule has 13 heteroatoms. The fourth-order valence-corrected chi connectivity index (χ4v) is 10.6. The SMILES string of the molecule is CNC(=O)c1ncc(-c2cccc(CNC(=O)CCCOc3ccc4c(c3)C3(CCC(Nc5cccc(Cl)c5)(C(=O)O)CC3)[C@@H](C[C@@H](C)COc3ccnc5c3[C@H](C)CCC5)C4)c2)cn1. The van der Waals surface area contributed by atoms with E-state index in [2.05, 4.69) is 56.9 Å². The number of nitrogens with one attached hydrogen (secondary N) is 3. The highest BCUT2D eigenvalue weighted by atomic mass is 35.5. The number of carboxylic acid groups (broad SMARTS) is 1. The molecule has 65 heavy (non-hydrogen) atoms. The minimum Gasteiger partial charge on any atom is -0.494 e. The van der Waals surface area contributed by atoms with Gasteiger partial charge in [-0.05, 0) is 152 Å². The molecule has 2 amide bonds. The number of carbonyl (C=O) groups is 3. The highest BCUT2D eigenvalue weighted by molar-refractivity contribution is 6.30. The first-order valence-electron chi connectivity index (χ1n) is 23.0. The van der Waals surface area contributed by atoms with E-state index in [-0.39, 0.29) is 29.0 Å². The van der Waals surface area contributed by atoms with Crippen LogP contribution in [0.25, 0.3) is 11.1 Å². The molecule has 0 unspecified atom stereocenters. The topological polar surface area (TPSA) is 165 Å². The quantitative estimate of drug-likeness (QED) is 0.0661. The monoisotopic (exact) mass is 898 g/mol. The molecule has 12 nitrogen and oxygen atoms in total. The molecular formula is C52H59ClN6O6. The number of ether oxygens (including phenoxy) is 2. The van der Waals surface area contributed by atoms with Crippen LogP contribution in [0.3, 0.4) is 0 Å². The number of anilines is 1. The fraction of sp³-hybridized carbons (Fsp3) is 0.423. The Morgan fingerprint density at radius 2 is 1.74 bits per heavy atom. The van der Waals surface area contributed by atoms with Crippen LogP contribution in [0.4, 0.5) is 5.69 Å². The first-order chi connectivity index (χ1) is 31.4. The Balaban J connectivity index is 0.911. The van der Waals surface area contributed by atoms with E-state index in [9.17, 15) is 19.5 Å². The molecule has 2 heterocycles. The number of nitrogens with zero attached hydrogens (tertiary/aromatic N) is 3. The summed E-state index contributed by atoms with van der Waals surface area (Å²) in [5, 5.41) is 20.2. The summed E-state index contributed by atoms with van der Waals surface area (Å²) in [4.78, 5) is 50.9. The lowest BCUT2D eigenvalue weighted by Gasteiger charge is -2.47. The average Bonchev–Trinajstić information content (AvgIpc) is 3.60. The number of carbonyl (C=O) groups excluding carboxylic acids is 2. The summed E-state index contributed by atoms with van der Waals surface area (Å²) in [6, 6.07) is 23.5. The first-order valence-corrected chi connectivity index (χ1v) is 23.4. The maximum atomic E-state index is 13.1. The second-order valence-corrected chi connectivity index (χ2v) is 18.8. The molecule has 1 saturated carbocycles. The van der Waals surface area contributed by atoms with Crippen molar-refractivity contribution in [1.29, 1.82) is 0 Å². The Morgan fingerprint density at radius 1 is 0.938 bits per heavy atom. The number of hydrogen-bond acceptors (Lipinski definition) is 9. The van der Waals surface area contributed by atoms with Gasteiger partial charge < -0.3 is 30.5 Å². The number of hydrogen-bond donors (Lipinski definition) is 4. The molecule has 0 aliphatic heterocycles. The molecule has 3 aliphatic carbocycles. The van der Waals surface area contributed by atoms with E-state index in [1.165, 1.54) is 23.7 Å². The van der Waals surface area contributed by atoms with Crippen molar-refractivity contribution < 1.29 is 29.0 Å². The number of carboxylic acids is 1. The molecule has 3 aliphatic rings. The highest BCUT2D eigenvalue weighted by Gasteiger charge is 2.54. The van der Waals surface area contributed by atoms with Crippen LogP contribution in [0.15, 0.2) is 91.4 Å². The van der Waals surface area contributed by atoms with Gasteiger partial charge in [0.25, 0.3) is 5.91 Å². The molecule has 2 aromatic heterocycles. The van der Waals surface area contributed by atoms with Crippen molar-refractivity contribution in [3.8, 4) is 22.6 Å². The van der Waals surface area contributed by atoms with Crippen molar-refractivity contribution in [3.63, 3.8) is 0 Å². The number of pyridine rings is 1. The maximum Gasteiger partial charge on any atom is 0.329 e. The Kier molecular flexibility index (Phi) is 14.0. The first kappa shape index (κ1) is 45.6. The van der Waals surface area contributed by atoms with Crippen molar-refractivity contribution >= 4 is 35.1 Å². The normalized spacial score (nSPS) is 21.4. The summed E-state index contributed by atoms with van der Waals surface area (Å²) < 4.78 is 12.9. The van der Waals surface area contributed by atoms with Gasteiger partial charge in [-0.1, -0.05) is 55.8 Å². The summed E-state index contributed by atoms with van der Waals surface area (Å²) in [6.07, 6.45) is 13.4. The third kappa shape index (κ3) is 10.3. The van der Waals surface area contributed by atoms with E-state index in [0.29, 0.717) is 80.8 Å². The fourth-order valence-electron chi connectivity index (χ4n) is 10.4. The highest BCUT2D eigenvalue weighted by Crippen LogP contribution is 2.57. The standard InChI is InChI=1S/C52H59ClN6O6/c1-33(32-65-45-17-22-55-44-13-4-8-34(2)47(44)45)24-39-26-37-15-16-42(28-43(37)51(39)18-20-52(21-19-51,50(62)63)59-41-12-6-11-40(53)27-41)64-23-7-14-46(60)56-29-35-9-5-10-36(25-35)38-30-57-48(58-31-38)49(61)54-3/h5-6,9-12,15-17,22,25,27-28,30-31,33-34,39,59H,4,7-8,13-14,18-21,23-24,26,29,32H2,1-3H3,(H,54,61)(H,56,60)(H,62,63)/t33-,34-,39+,51?,52?/m1/s1. The molecular weight excluding hydrogens is 840 g/mol. The van der Waals surface area contributed by atoms with Crippen LogP contribution >= 0.6 is 11.6 Å². The molecule has 0 saturated heterocycles. The number of benzene rings is 3. The second kappa shape index (κ2) is 20.0. The lowest BCUT2D eigenvalue weighted by atomic mass is 9.59. The van der Waals surface area contributed by atoms with E-state index in [0.717, 1.165) is 66.0 Å². The Bertz CT molecular complexity index is 2510. The lowest BCUT2D eigenvalue weighted by molar-refractivity contribution is -0.144. The van der Waals surface area contributed by atoms with E-state index < -0.39 is 11.5 Å². The maximum absolute atomic E-state index is 13.1. The average molecular weight is 900 g/mol. The van der Waals surface area contributed by atoms with Gasteiger partial charge >= 0.3 is 5.97 Å². The van der Waals surface area contributed by atoms with E-state index in [1.807, 2.05) is 54.7 Å². The minimum absolute atomic E-state index is 0.0695. The van der Waals surface area contributed by atoms with Gasteiger partial charge in [-0.2, -0.15) is 0 Å². The van der Waals surface area contributed by atoms with Crippen molar-refractivity contribution in [2.45, 2.75) is 108 Å². The zero-order chi connectivity index (χ0) is 45.6. The Morgan fingerprint density at radius 3 is 2.51 bits per heavy atom. The number of aliphatic carboxylic acids is 1. The summed E-state index contributed by atoms with van der Waals surface area (Å²) in [6.45, 7) is 5.88.